The number of halogens is 1. The zero-order valence-corrected chi connectivity index (χ0v) is 19.9. The molecule has 7 nitrogen and oxygen atoms in total. The maximum Gasteiger partial charge on any atom is 0.254 e. The molecule has 0 N–H and O–H groups in total. The molecule has 0 unspecified atom stereocenters. The molecular formula is C24H27ClN2O5S. The molecule has 3 aliphatic rings. The van der Waals surface area contributed by atoms with Crippen LogP contribution in [0, 0.1) is 0 Å². The van der Waals surface area contributed by atoms with Crippen LogP contribution in [0.4, 0.5) is 0 Å². The average Bonchev–Trinajstić information content (AvgIpc) is 3.59. The Morgan fingerprint density at radius 1 is 1.00 bits per heavy atom. The van der Waals surface area contributed by atoms with E-state index in [0.29, 0.717) is 36.7 Å². The molecule has 1 amide bonds. The van der Waals surface area contributed by atoms with Gasteiger partial charge in [0.15, 0.2) is 11.5 Å². The van der Waals surface area contributed by atoms with Gasteiger partial charge in [-0.15, -0.1) is 0 Å². The molecule has 2 heterocycles. The largest absolute Gasteiger partial charge is 0.454 e. The summed E-state index contributed by atoms with van der Waals surface area (Å²) in [6.07, 6.45) is 5.68. The van der Waals surface area contributed by atoms with Crippen LogP contribution in [0.5, 0.6) is 11.5 Å². The van der Waals surface area contributed by atoms with Gasteiger partial charge in [-0.2, -0.15) is 4.31 Å². The highest BCUT2D eigenvalue weighted by Gasteiger charge is 2.32. The first kappa shape index (κ1) is 22.5. The summed E-state index contributed by atoms with van der Waals surface area (Å²) < 4.78 is 38.6. The lowest BCUT2D eigenvalue weighted by atomic mass is 10.1. The Bertz CT molecular complexity index is 1160. The lowest BCUT2D eigenvalue weighted by Crippen LogP contribution is -2.38. The fraction of sp³-hybridized carbons (Fsp3) is 0.458. The summed E-state index contributed by atoms with van der Waals surface area (Å²) in [5, 5.41) is 0.140. The van der Waals surface area contributed by atoms with Crippen LogP contribution in [-0.2, 0) is 16.6 Å². The van der Waals surface area contributed by atoms with Crippen molar-refractivity contribution in [2.75, 3.05) is 19.9 Å². The summed E-state index contributed by atoms with van der Waals surface area (Å²) in [6, 6.07) is 10.4. The van der Waals surface area contributed by atoms with Crippen molar-refractivity contribution in [3.63, 3.8) is 0 Å². The van der Waals surface area contributed by atoms with Gasteiger partial charge in [0.2, 0.25) is 16.8 Å². The second-order valence-corrected chi connectivity index (χ2v) is 11.1. The average molecular weight is 491 g/mol. The van der Waals surface area contributed by atoms with Gasteiger partial charge < -0.3 is 14.4 Å². The van der Waals surface area contributed by atoms with Gasteiger partial charge >= 0.3 is 0 Å². The fourth-order valence-corrected chi connectivity index (χ4v) is 6.90. The molecule has 1 saturated carbocycles. The van der Waals surface area contributed by atoms with E-state index in [1.165, 1.54) is 16.4 Å². The van der Waals surface area contributed by atoms with Crippen LogP contribution in [0.25, 0.3) is 0 Å². The normalized spacial score (nSPS) is 18.7. The topological polar surface area (TPSA) is 76.2 Å². The number of amides is 1. The SMILES string of the molecule is O=C(c1ccc(Cl)c(S(=O)(=O)N2CCCC2)c1)N(Cc1ccc2c(c1)OCO2)C1CCCC1. The third kappa shape index (κ3) is 4.44. The minimum Gasteiger partial charge on any atom is -0.454 e. The maximum absolute atomic E-state index is 13.7. The maximum atomic E-state index is 13.7. The zero-order chi connectivity index (χ0) is 23.0. The van der Waals surface area contributed by atoms with Crippen LogP contribution >= 0.6 is 11.6 Å². The number of fused-ring (bicyclic) bond motifs is 1. The van der Waals surface area contributed by atoms with E-state index in [4.69, 9.17) is 21.1 Å². The van der Waals surface area contributed by atoms with Crippen molar-refractivity contribution >= 4 is 27.5 Å². The highest BCUT2D eigenvalue weighted by Crippen LogP contribution is 2.35. The van der Waals surface area contributed by atoms with Gasteiger partial charge in [-0.25, -0.2) is 8.42 Å². The predicted molar refractivity (Wildman–Crippen MR) is 124 cm³/mol. The number of hydrogen-bond acceptors (Lipinski definition) is 5. The third-order valence-electron chi connectivity index (χ3n) is 6.68. The molecule has 5 rings (SSSR count). The lowest BCUT2D eigenvalue weighted by Gasteiger charge is -2.29. The molecule has 0 spiro atoms. The highest BCUT2D eigenvalue weighted by atomic mass is 35.5. The highest BCUT2D eigenvalue weighted by molar-refractivity contribution is 7.89. The van der Waals surface area contributed by atoms with E-state index in [1.54, 1.807) is 6.07 Å². The molecule has 0 bridgehead atoms. The second-order valence-electron chi connectivity index (χ2n) is 8.82. The van der Waals surface area contributed by atoms with Crippen LogP contribution in [0.3, 0.4) is 0 Å². The molecule has 2 aromatic carbocycles. The van der Waals surface area contributed by atoms with Crippen LogP contribution < -0.4 is 9.47 Å². The fourth-order valence-electron chi connectivity index (χ4n) is 4.89. The Hall–Kier alpha value is -2.29. The number of nitrogens with zero attached hydrogens (tertiary/aromatic N) is 2. The summed E-state index contributed by atoms with van der Waals surface area (Å²) in [5.74, 6) is 1.19. The summed E-state index contributed by atoms with van der Waals surface area (Å²) in [4.78, 5) is 15.6. The van der Waals surface area contributed by atoms with Crippen LogP contribution in [0.15, 0.2) is 41.3 Å². The van der Waals surface area contributed by atoms with Gasteiger partial charge in [0.05, 0.1) is 5.02 Å². The molecule has 1 aliphatic carbocycles. The van der Waals surface area contributed by atoms with E-state index in [1.807, 2.05) is 23.1 Å². The summed E-state index contributed by atoms with van der Waals surface area (Å²) in [5.41, 5.74) is 1.28. The van der Waals surface area contributed by atoms with Crippen molar-refractivity contribution in [1.29, 1.82) is 0 Å². The van der Waals surface area contributed by atoms with Crippen molar-refractivity contribution in [3.8, 4) is 11.5 Å². The number of hydrogen-bond donors (Lipinski definition) is 0. The number of ether oxygens (including phenoxy) is 2. The minimum atomic E-state index is -3.74. The summed E-state index contributed by atoms with van der Waals surface area (Å²) in [7, 11) is -3.74. The molecule has 2 aromatic rings. The van der Waals surface area contributed by atoms with Crippen LogP contribution in [0.1, 0.15) is 54.4 Å². The Morgan fingerprint density at radius 2 is 1.73 bits per heavy atom. The van der Waals surface area contributed by atoms with E-state index in [2.05, 4.69) is 0 Å². The van der Waals surface area contributed by atoms with Crippen molar-refractivity contribution in [2.45, 2.75) is 56.0 Å². The molecule has 0 atom stereocenters. The monoisotopic (exact) mass is 490 g/mol. The summed E-state index contributed by atoms with van der Waals surface area (Å²) in [6.45, 7) is 1.57. The van der Waals surface area contributed by atoms with Crippen LogP contribution in [-0.4, -0.2) is 49.5 Å². The molecule has 0 radical (unpaired) electrons. The smallest absolute Gasteiger partial charge is 0.254 e. The summed E-state index contributed by atoms with van der Waals surface area (Å²) >= 11 is 6.30. The van der Waals surface area contributed by atoms with Crippen molar-refractivity contribution in [2.24, 2.45) is 0 Å². The van der Waals surface area contributed by atoms with Crippen molar-refractivity contribution < 1.29 is 22.7 Å². The molecule has 2 aliphatic heterocycles. The number of benzene rings is 2. The van der Waals surface area contributed by atoms with E-state index in [-0.39, 0.29) is 28.7 Å². The third-order valence-corrected chi connectivity index (χ3v) is 9.06. The zero-order valence-electron chi connectivity index (χ0n) is 18.3. The number of carbonyl (C=O) groups excluding carboxylic acids is 1. The first-order chi connectivity index (χ1) is 15.9. The van der Waals surface area contributed by atoms with E-state index >= 15 is 0 Å². The molecule has 0 aromatic heterocycles. The van der Waals surface area contributed by atoms with Gasteiger partial charge in [-0.05, 0) is 61.6 Å². The quantitative estimate of drug-likeness (QED) is 0.598. The number of rotatable bonds is 6. The molecule has 9 heteroatoms. The first-order valence-corrected chi connectivity index (χ1v) is 13.2. The van der Waals surface area contributed by atoms with Gasteiger partial charge in [-0.1, -0.05) is 30.5 Å². The Kier molecular flexibility index (Phi) is 6.24. The Labute approximate surface area is 199 Å². The van der Waals surface area contributed by atoms with Gasteiger partial charge in [-0.3, -0.25) is 4.79 Å². The molecule has 176 valence electrons. The Balaban J connectivity index is 1.45. The van der Waals surface area contributed by atoms with E-state index in [9.17, 15) is 13.2 Å². The minimum absolute atomic E-state index is 0.00590. The first-order valence-electron chi connectivity index (χ1n) is 11.4. The predicted octanol–water partition coefficient (Wildman–Crippen LogP) is 4.44. The molecule has 1 saturated heterocycles. The van der Waals surface area contributed by atoms with E-state index in [0.717, 1.165) is 44.1 Å². The van der Waals surface area contributed by atoms with Crippen molar-refractivity contribution in [3.05, 3.63) is 52.5 Å². The molecule has 33 heavy (non-hydrogen) atoms. The molecule has 2 fully saturated rings. The standard InChI is InChI=1S/C24H27ClN2O5S/c25-20-9-8-18(14-23(20)33(29,30)26-11-3-4-12-26)24(28)27(19-5-1-2-6-19)15-17-7-10-21-22(13-17)32-16-31-21/h7-10,13-14,19H,1-6,11-12,15-16H2. The lowest BCUT2D eigenvalue weighted by molar-refractivity contribution is 0.0664. The van der Waals surface area contributed by atoms with Crippen molar-refractivity contribution in [1.82, 2.24) is 9.21 Å². The van der Waals surface area contributed by atoms with Gasteiger partial charge in [0.25, 0.3) is 5.91 Å². The molecular weight excluding hydrogens is 464 g/mol. The van der Waals surface area contributed by atoms with Crippen LogP contribution in [0.2, 0.25) is 5.02 Å². The Morgan fingerprint density at radius 3 is 2.48 bits per heavy atom. The number of sulfonamides is 1. The number of carbonyl (C=O) groups is 1. The van der Waals surface area contributed by atoms with Gasteiger partial charge in [0, 0.05) is 31.2 Å². The van der Waals surface area contributed by atoms with Gasteiger partial charge in [0.1, 0.15) is 4.90 Å². The van der Waals surface area contributed by atoms with E-state index < -0.39 is 10.0 Å². The second kappa shape index (κ2) is 9.16.